The van der Waals surface area contributed by atoms with Crippen molar-refractivity contribution >= 4 is 50.5 Å². The van der Waals surface area contributed by atoms with Gasteiger partial charge in [-0.1, -0.05) is 12.1 Å². The molecule has 1 N–H and O–H groups in total. The van der Waals surface area contributed by atoms with E-state index < -0.39 is 39.6 Å². The molecular weight excluding hydrogens is 439 g/mol. The molecule has 1 fully saturated rings. The van der Waals surface area contributed by atoms with E-state index in [0.29, 0.717) is 6.42 Å². The Labute approximate surface area is 145 Å². The summed E-state index contributed by atoms with van der Waals surface area (Å²) in [7, 11) is -4.72. The third-order valence-corrected chi connectivity index (χ3v) is 4.95. The Morgan fingerprint density at radius 2 is 1.91 bits per heavy atom. The fourth-order valence-corrected chi connectivity index (χ4v) is 3.02. The van der Waals surface area contributed by atoms with Crippen LogP contribution in [0, 0.1) is 3.57 Å². The van der Waals surface area contributed by atoms with Gasteiger partial charge in [0.15, 0.2) is 5.25 Å². The zero-order chi connectivity index (χ0) is 17.2. The van der Waals surface area contributed by atoms with E-state index in [2.05, 4.69) is 27.4 Å². The van der Waals surface area contributed by atoms with E-state index in [1.807, 2.05) is 24.3 Å². The summed E-state index contributed by atoms with van der Waals surface area (Å²) in [6, 6.07) is 7.39. The summed E-state index contributed by atoms with van der Waals surface area (Å²) >= 11 is 2.14. The number of imide groups is 1. The monoisotopic (exact) mass is 451 g/mol. The number of hydroxylamine groups is 2. The van der Waals surface area contributed by atoms with Crippen LogP contribution in [0.25, 0.3) is 0 Å². The van der Waals surface area contributed by atoms with Gasteiger partial charge in [0.25, 0.3) is 21.9 Å². The number of hydrogen-bond donors (Lipinski definition) is 1. The van der Waals surface area contributed by atoms with E-state index in [1.54, 1.807) is 0 Å². The van der Waals surface area contributed by atoms with Crippen LogP contribution in [0.4, 0.5) is 0 Å². The molecule has 1 heterocycles. The largest absolute Gasteiger partial charge is 0.333 e. The molecule has 1 atom stereocenters. The fourth-order valence-electron chi connectivity index (χ4n) is 1.96. The van der Waals surface area contributed by atoms with Crippen LogP contribution < -0.4 is 0 Å². The minimum atomic E-state index is -4.72. The molecule has 0 aromatic heterocycles. The molecule has 2 amide bonds. The predicted molar refractivity (Wildman–Crippen MR) is 85.4 cm³/mol. The second kappa shape index (κ2) is 6.93. The number of carbonyl (C=O) groups excluding carboxylic acids is 3. The molecule has 0 spiro atoms. The van der Waals surface area contributed by atoms with Gasteiger partial charge in [0, 0.05) is 3.57 Å². The van der Waals surface area contributed by atoms with Gasteiger partial charge < -0.3 is 4.84 Å². The summed E-state index contributed by atoms with van der Waals surface area (Å²) in [5.74, 6) is -3.10. The quantitative estimate of drug-likeness (QED) is 0.398. The van der Waals surface area contributed by atoms with E-state index in [1.165, 1.54) is 0 Å². The van der Waals surface area contributed by atoms with E-state index in [0.717, 1.165) is 9.13 Å². The zero-order valence-electron chi connectivity index (χ0n) is 11.6. The summed E-state index contributed by atoms with van der Waals surface area (Å²) in [4.78, 5) is 39.6. The molecule has 0 aliphatic carbocycles. The molecule has 1 saturated heterocycles. The van der Waals surface area contributed by atoms with Crippen molar-refractivity contribution in [3.8, 4) is 0 Å². The van der Waals surface area contributed by atoms with Gasteiger partial charge in [-0.2, -0.15) is 8.42 Å². The molecule has 0 saturated carbocycles. The lowest BCUT2D eigenvalue weighted by atomic mass is 10.1. The highest BCUT2D eigenvalue weighted by molar-refractivity contribution is 14.1. The second-order valence-electron chi connectivity index (χ2n) is 4.82. The van der Waals surface area contributed by atoms with Crippen LogP contribution in [0.3, 0.4) is 0 Å². The van der Waals surface area contributed by atoms with Crippen LogP contribution in [-0.4, -0.2) is 41.1 Å². The fraction of sp³-hybridized carbons (Fsp3) is 0.308. The van der Waals surface area contributed by atoms with Gasteiger partial charge in [-0.15, -0.1) is 5.06 Å². The first kappa shape index (κ1) is 17.8. The molecule has 1 aliphatic rings. The molecule has 23 heavy (non-hydrogen) atoms. The number of aryl methyl sites for hydroxylation is 1. The molecule has 8 nitrogen and oxygen atoms in total. The summed E-state index contributed by atoms with van der Waals surface area (Å²) < 4.78 is 31.9. The number of benzene rings is 1. The molecule has 2 rings (SSSR count). The summed E-state index contributed by atoms with van der Waals surface area (Å²) in [5, 5.41) is -1.81. The highest BCUT2D eigenvalue weighted by Crippen LogP contribution is 2.20. The summed E-state index contributed by atoms with van der Waals surface area (Å²) in [5.41, 5.74) is 0.872. The van der Waals surface area contributed by atoms with Crippen molar-refractivity contribution in [1.29, 1.82) is 0 Å². The molecule has 1 aromatic rings. The first-order chi connectivity index (χ1) is 10.7. The number of nitrogens with zero attached hydrogens (tertiary/aromatic N) is 1. The third kappa shape index (κ3) is 4.48. The maximum Gasteiger partial charge on any atom is 0.333 e. The smallest absolute Gasteiger partial charge is 0.330 e. The van der Waals surface area contributed by atoms with Crippen LogP contribution in [0.2, 0.25) is 0 Å². The number of halogens is 1. The van der Waals surface area contributed by atoms with Crippen molar-refractivity contribution in [3.63, 3.8) is 0 Å². The Morgan fingerprint density at radius 1 is 1.30 bits per heavy atom. The Balaban J connectivity index is 1.93. The van der Waals surface area contributed by atoms with E-state index in [4.69, 9.17) is 4.55 Å². The van der Waals surface area contributed by atoms with E-state index in [-0.39, 0.29) is 11.5 Å². The van der Waals surface area contributed by atoms with E-state index >= 15 is 0 Å². The lowest BCUT2D eigenvalue weighted by Crippen LogP contribution is -2.36. The van der Waals surface area contributed by atoms with Gasteiger partial charge in [-0.25, -0.2) is 4.79 Å². The standard InChI is InChI=1S/C13H12INO7S/c14-9-4-1-8(2-5-9)3-6-12(17)22-15-11(16)7-10(13(15)18)23(19,20)21/h1-2,4-5,10H,3,6-7H2,(H,19,20,21)/i14-2. The SMILES string of the molecule is O=C(CCc1ccc([125I])cc1)ON1C(=O)CC(S(=O)(=O)O)C1=O. The van der Waals surface area contributed by atoms with Gasteiger partial charge >= 0.3 is 5.97 Å². The molecular formula is C13H12INO7S. The summed E-state index contributed by atoms with van der Waals surface area (Å²) in [6.45, 7) is 0. The van der Waals surface area contributed by atoms with Crippen molar-refractivity contribution in [2.45, 2.75) is 24.5 Å². The van der Waals surface area contributed by atoms with Crippen molar-refractivity contribution in [3.05, 3.63) is 33.4 Å². The number of hydrogen-bond acceptors (Lipinski definition) is 6. The highest BCUT2D eigenvalue weighted by Gasteiger charge is 2.48. The van der Waals surface area contributed by atoms with Gasteiger partial charge in [0.2, 0.25) is 0 Å². The van der Waals surface area contributed by atoms with Gasteiger partial charge in [0.05, 0.1) is 12.8 Å². The Bertz CT molecular complexity index is 744. The van der Waals surface area contributed by atoms with Crippen LogP contribution in [0.15, 0.2) is 24.3 Å². The van der Waals surface area contributed by atoms with Crippen molar-refractivity contribution in [2.24, 2.45) is 0 Å². The maximum atomic E-state index is 11.7. The molecule has 124 valence electrons. The molecule has 0 bridgehead atoms. The number of rotatable bonds is 5. The predicted octanol–water partition coefficient (Wildman–Crippen LogP) is 0.697. The lowest BCUT2D eigenvalue weighted by molar-refractivity contribution is -0.197. The molecule has 1 aliphatic heterocycles. The third-order valence-electron chi connectivity index (χ3n) is 3.15. The van der Waals surface area contributed by atoms with Crippen molar-refractivity contribution in [2.75, 3.05) is 0 Å². The minimum absolute atomic E-state index is 0.0891. The normalized spacial score (nSPS) is 18.3. The average Bonchev–Trinajstić information content (AvgIpc) is 2.75. The first-order valence-electron chi connectivity index (χ1n) is 6.47. The highest BCUT2D eigenvalue weighted by atomic mass is 125. The minimum Gasteiger partial charge on any atom is -0.330 e. The first-order valence-corrected chi connectivity index (χ1v) is 9.05. The van der Waals surface area contributed by atoms with E-state index in [9.17, 15) is 22.8 Å². The van der Waals surface area contributed by atoms with Gasteiger partial charge in [-0.05, 0) is 46.7 Å². The Kier molecular flexibility index (Phi) is 5.37. The Hall–Kier alpha value is -1.53. The van der Waals surface area contributed by atoms with Crippen molar-refractivity contribution in [1.82, 2.24) is 5.06 Å². The zero-order valence-corrected chi connectivity index (χ0v) is 14.6. The van der Waals surface area contributed by atoms with Gasteiger partial charge in [0.1, 0.15) is 0 Å². The van der Waals surface area contributed by atoms with Gasteiger partial charge in [-0.3, -0.25) is 14.1 Å². The van der Waals surface area contributed by atoms with Crippen LogP contribution in [0.5, 0.6) is 0 Å². The number of amides is 2. The van der Waals surface area contributed by atoms with Crippen molar-refractivity contribution < 1.29 is 32.2 Å². The van der Waals surface area contributed by atoms with Crippen LogP contribution in [-0.2, 0) is 35.8 Å². The molecule has 10 heteroatoms. The summed E-state index contributed by atoms with van der Waals surface area (Å²) in [6.07, 6.45) is -0.496. The second-order valence-corrected chi connectivity index (χ2v) is 7.67. The lowest BCUT2D eigenvalue weighted by Gasteiger charge is -2.13. The van der Waals surface area contributed by atoms with Crippen LogP contribution in [0.1, 0.15) is 18.4 Å². The number of carbonyl (C=O) groups is 3. The molecule has 1 aromatic carbocycles. The maximum absolute atomic E-state index is 11.7. The van der Waals surface area contributed by atoms with Crippen LogP contribution >= 0.6 is 22.6 Å². The topological polar surface area (TPSA) is 118 Å². The average molecular weight is 451 g/mol. The molecule has 1 unspecified atom stereocenters. The Morgan fingerprint density at radius 3 is 2.43 bits per heavy atom. The molecule has 0 radical (unpaired) electrons.